The maximum absolute atomic E-state index is 13.1. The van der Waals surface area contributed by atoms with Crippen LogP contribution in [0.3, 0.4) is 0 Å². The number of pyridine rings is 1. The molecule has 0 N–H and O–H groups in total. The Morgan fingerprint density at radius 1 is 1.03 bits per heavy atom. The van der Waals surface area contributed by atoms with Gasteiger partial charge in [0, 0.05) is 32.4 Å². The van der Waals surface area contributed by atoms with Gasteiger partial charge in [0.2, 0.25) is 0 Å². The summed E-state index contributed by atoms with van der Waals surface area (Å²) in [7, 11) is 0. The van der Waals surface area contributed by atoms with Gasteiger partial charge in [0.1, 0.15) is 22.8 Å². The van der Waals surface area contributed by atoms with Crippen LogP contribution < -0.4 is 9.80 Å². The molecule has 3 aromatic heterocycles. The summed E-state index contributed by atoms with van der Waals surface area (Å²) < 4.78 is 39.2. The average molecular weight is 433 g/mol. The largest absolute Gasteiger partial charge is 0.416 e. The van der Waals surface area contributed by atoms with Gasteiger partial charge >= 0.3 is 6.18 Å². The monoisotopic (exact) mass is 433 g/mol. The number of anilines is 2. The first-order valence-electron chi connectivity index (χ1n) is 9.59. The van der Waals surface area contributed by atoms with E-state index in [0.29, 0.717) is 29.9 Å². The minimum atomic E-state index is -4.36. The molecule has 7 nitrogen and oxygen atoms in total. The maximum atomic E-state index is 13.1. The van der Waals surface area contributed by atoms with Gasteiger partial charge in [-0.3, -0.25) is 4.98 Å². The van der Waals surface area contributed by atoms with Crippen LogP contribution in [0.2, 0.25) is 0 Å². The predicted octanol–water partition coefficient (Wildman–Crippen LogP) is 3.37. The zero-order valence-corrected chi connectivity index (χ0v) is 16.6. The molecule has 156 valence electrons. The Bertz CT molecular complexity index is 1030. The van der Waals surface area contributed by atoms with E-state index in [1.54, 1.807) is 17.9 Å². The number of piperidine rings is 1. The molecule has 2 fully saturated rings. The molecule has 2 aliphatic rings. The SMILES string of the molecule is FC(F)(F)c1ccnc(N2C[C@H]3CCN(c4cncc(-c5nncs5)n4)C[C@H]3C2)c1. The molecule has 0 aliphatic carbocycles. The van der Waals surface area contributed by atoms with E-state index in [0.717, 1.165) is 49.0 Å². The van der Waals surface area contributed by atoms with E-state index in [1.807, 2.05) is 4.90 Å². The second-order valence-corrected chi connectivity index (χ2v) is 8.40. The van der Waals surface area contributed by atoms with E-state index in [-0.39, 0.29) is 0 Å². The van der Waals surface area contributed by atoms with Crippen molar-refractivity contribution in [3.63, 3.8) is 0 Å². The van der Waals surface area contributed by atoms with Crippen molar-refractivity contribution in [1.82, 2.24) is 25.1 Å². The zero-order chi connectivity index (χ0) is 20.7. The van der Waals surface area contributed by atoms with E-state index in [1.165, 1.54) is 17.5 Å². The lowest BCUT2D eigenvalue weighted by Crippen LogP contribution is -2.40. The van der Waals surface area contributed by atoms with E-state index < -0.39 is 11.7 Å². The van der Waals surface area contributed by atoms with Crippen LogP contribution in [0.25, 0.3) is 10.7 Å². The molecule has 0 amide bonds. The minimum absolute atomic E-state index is 0.335. The highest BCUT2D eigenvalue weighted by molar-refractivity contribution is 7.12. The second kappa shape index (κ2) is 7.46. The molecule has 5 rings (SSSR count). The van der Waals surface area contributed by atoms with E-state index in [4.69, 9.17) is 0 Å². The molecule has 0 radical (unpaired) electrons. The van der Waals surface area contributed by atoms with Gasteiger partial charge in [0.25, 0.3) is 0 Å². The Kier molecular flexibility index (Phi) is 4.76. The topological polar surface area (TPSA) is 70.9 Å². The standard InChI is InChI=1S/C19H18F3N7S/c20-19(21,22)14-1-3-24-16(5-14)29-8-12-2-4-28(9-13(12)10-29)17-7-23-6-15(26-17)18-27-25-11-30-18/h1,3,5-7,11-13H,2,4,8-10H2/t12-,13+/m1/s1. The number of fused-ring (bicyclic) bond motifs is 1. The summed E-state index contributed by atoms with van der Waals surface area (Å²) in [6, 6.07) is 2.16. The smallest absolute Gasteiger partial charge is 0.356 e. The molecule has 0 spiro atoms. The van der Waals surface area contributed by atoms with Gasteiger partial charge in [-0.1, -0.05) is 11.3 Å². The third kappa shape index (κ3) is 3.69. The van der Waals surface area contributed by atoms with Crippen molar-refractivity contribution >= 4 is 23.0 Å². The summed E-state index contributed by atoms with van der Waals surface area (Å²) in [6.45, 7) is 3.02. The Morgan fingerprint density at radius 3 is 2.67 bits per heavy atom. The van der Waals surface area contributed by atoms with Crippen LogP contribution >= 0.6 is 11.3 Å². The highest BCUT2D eigenvalue weighted by Gasteiger charge is 2.39. The van der Waals surface area contributed by atoms with Gasteiger partial charge in [-0.25, -0.2) is 9.97 Å². The highest BCUT2D eigenvalue weighted by Crippen LogP contribution is 2.36. The summed E-state index contributed by atoms with van der Waals surface area (Å²) in [5.41, 5.74) is 1.69. The van der Waals surface area contributed by atoms with Gasteiger partial charge in [-0.2, -0.15) is 13.2 Å². The normalized spacial score (nSPS) is 21.7. The lowest BCUT2D eigenvalue weighted by Gasteiger charge is -2.34. The highest BCUT2D eigenvalue weighted by atomic mass is 32.1. The number of nitrogens with zero attached hydrogens (tertiary/aromatic N) is 7. The van der Waals surface area contributed by atoms with Crippen molar-refractivity contribution in [3.8, 4) is 10.7 Å². The fourth-order valence-corrected chi connectivity index (χ4v) is 4.73. The molecule has 11 heteroatoms. The third-order valence-electron chi connectivity index (χ3n) is 5.72. The van der Waals surface area contributed by atoms with Gasteiger partial charge in [-0.05, 0) is 30.4 Å². The number of rotatable bonds is 3. The number of hydrogen-bond donors (Lipinski definition) is 0. The lowest BCUT2D eigenvalue weighted by molar-refractivity contribution is -0.137. The second-order valence-electron chi connectivity index (χ2n) is 7.57. The number of halogens is 3. The van der Waals surface area contributed by atoms with E-state index in [2.05, 4.69) is 30.0 Å². The number of hydrogen-bond acceptors (Lipinski definition) is 8. The summed E-state index contributed by atoms with van der Waals surface area (Å²) in [6.07, 6.45) is 1.24. The first-order chi connectivity index (χ1) is 14.5. The number of aromatic nitrogens is 5. The van der Waals surface area contributed by atoms with Gasteiger partial charge in [0.05, 0.1) is 18.0 Å². The summed E-state index contributed by atoms with van der Waals surface area (Å²) >= 11 is 1.41. The summed E-state index contributed by atoms with van der Waals surface area (Å²) in [5, 5.41) is 8.62. The van der Waals surface area contributed by atoms with Crippen molar-refractivity contribution in [2.24, 2.45) is 11.8 Å². The first kappa shape index (κ1) is 19.2. The molecule has 3 aromatic rings. The molecule has 2 aliphatic heterocycles. The van der Waals surface area contributed by atoms with Crippen molar-refractivity contribution < 1.29 is 13.2 Å². The Morgan fingerprint density at radius 2 is 1.87 bits per heavy atom. The molecule has 0 unspecified atom stereocenters. The molecular weight excluding hydrogens is 415 g/mol. The Balaban J connectivity index is 1.31. The molecule has 5 heterocycles. The molecule has 2 atom stereocenters. The fourth-order valence-electron chi connectivity index (χ4n) is 4.23. The molecular formula is C19H18F3N7S. The van der Waals surface area contributed by atoms with Gasteiger partial charge < -0.3 is 9.80 Å². The summed E-state index contributed by atoms with van der Waals surface area (Å²) in [4.78, 5) is 17.3. The summed E-state index contributed by atoms with van der Waals surface area (Å²) in [5.74, 6) is 1.94. The molecule has 0 bridgehead atoms. The molecule has 0 saturated carbocycles. The third-order valence-corrected chi connectivity index (χ3v) is 6.44. The van der Waals surface area contributed by atoms with Crippen molar-refractivity contribution in [1.29, 1.82) is 0 Å². The lowest BCUT2D eigenvalue weighted by atomic mass is 9.89. The van der Waals surface area contributed by atoms with E-state index in [9.17, 15) is 13.2 Å². The maximum Gasteiger partial charge on any atom is 0.416 e. The van der Waals surface area contributed by atoms with Gasteiger partial charge in [-0.15, -0.1) is 10.2 Å². The fraction of sp³-hybridized carbons (Fsp3) is 0.421. The van der Waals surface area contributed by atoms with Crippen LogP contribution in [-0.4, -0.2) is 51.3 Å². The molecule has 0 aromatic carbocycles. The van der Waals surface area contributed by atoms with Crippen LogP contribution in [0.5, 0.6) is 0 Å². The molecule has 30 heavy (non-hydrogen) atoms. The molecule has 2 saturated heterocycles. The van der Waals surface area contributed by atoms with E-state index >= 15 is 0 Å². The van der Waals surface area contributed by atoms with Crippen molar-refractivity contribution in [3.05, 3.63) is 41.8 Å². The average Bonchev–Trinajstić information content (AvgIpc) is 3.43. The van der Waals surface area contributed by atoms with Crippen molar-refractivity contribution in [2.75, 3.05) is 36.0 Å². The minimum Gasteiger partial charge on any atom is -0.356 e. The zero-order valence-electron chi connectivity index (χ0n) is 15.8. The van der Waals surface area contributed by atoms with Crippen LogP contribution in [-0.2, 0) is 6.18 Å². The Hall–Kier alpha value is -2.82. The predicted molar refractivity (Wildman–Crippen MR) is 106 cm³/mol. The van der Waals surface area contributed by atoms with Crippen LogP contribution in [0.15, 0.2) is 36.2 Å². The quantitative estimate of drug-likeness (QED) is 0.627. The van der Waals surface area contributed by atoms with Gasteiger partial charge in [0.15, 0.2) is 5.01 Å². The van der Waals surface area contributed by atoms with Crippen LogP contribution in [0, 0.1) is 11.8 Å². The van der Waals surface area contributed by atoms with Crippen molar-refractivity contribution in [2.45, 2.75) is 12.6 Å². The number of alkyl halides is 3. The van der Waals surface area contributed by atoms with Crippen LogP contribution in [0.1, 0.15) is 12.0 Å². The van der Waals surface area contributed by atoms with Crippen LogP contribution in [0.4, 0.5) is 24.8 Å². The Labute approximate surface area is 174 Å². The first-order valence-corrected chi connectivity index (χ1v) is 10.5.